The molecule has 0 amide bonds. The lowest BCUT2D eigenvalue weighted by Gasteiger charge is -2.26. The van der Waals surface area contributed by atoms with Gasteiger partial charge in [0.05, 0.1) is 0 Å². The fraction of sp³-hybridized carbons (Fsp3) is 1.00. The number of fused-ring (bicyclic) bond motifs is 1. The summed E-state index contributed by atoms with van der Waals surface area (Å²) in [6, 6.07) is 0. The Morgan fingerprint density at radius 3 is 2.55 bits per heavy atom. The summed E-state index contributed by atoms with van der Waals surface area (Å²) in [5, 5.41) is 10.2. The van der Waals surface area contributed by atoms with Crippen molar-refractivity contribution in [3.63, 3.8) is 0 Å². The molecule has 11 heavy (non-hydrogen) atoms. The molecule has 0 aromatic heterocycles. The molecule has 2 heterocycles. The van der Waals surface area contributed by atoms with Crippen molar-refractivity contribution in [1.29, 1.82) is 0 Å². The second-order valence-corrected chi connectivity index (χ2v) is 3.85. The summed E-state index contributed by atoms with van der Waals surface area (Å²) in [4.78, 5) is 0. The number of rotatable bonds is 2. The largest absolute Gasteiger partial charge is 0.319 e. The number of nitrogens with one attached hydrogen (secondary N) is 3. The molecule has 0 aromatic rings. The lowest BCUT2D eigenvalue weighted by molar-refractivity contribution is 0.289. The minimum atomic E-state index is 0.523. The lowest BCUT2D eigenvalue weighted by Crippen LogP contribution is -2.40. The van der Waals surface area contributed by atoms with Gasteiger partial charge < -0.3 is 16.0 Å². The molecule has 0 spiro atoms. The third-order valence-electron chi connectivity index (χ3n) is 3.13. The van der Waals surface area contributed by atoms with Crippen molar-refractivity contribution in [1.82, 2.24) is 16.0 Å². The Morgan fingerprint density at radius 1 is 1.36 bits per heavy atom. The van der Waals surface area contributed by atoms with Crippen molar-refractivity contribution in [3.05, 3.63) is 0 Å². The summed E-state index contributed by atoms with van der Waals surface area (Å²) in [5.41, 5.74) is 0.523. The average Bonchev–Trinajstić information content (AvgIpc) is 2.45. The highest BCUT2D eigenvalue weighted by Gasteiger charge is 2.45. The molecular formula is C8H17N3. The summed E-state index contributed by atoms with van der Waals surface area (Å²) in [7, 11) is 2.04. The summed E-state index contributed by atoms with van der Waals surface area (Å²) < 4.78 is 0. The van der Waals surface area contributed by atoms with E-state index in [1.165, 1.54) is 26.2 Å². The fourth-order valence-corrected chi connectivity index (χ4v) is 2.47. The Hall–Kier alpha value is -0.120. The molecule has 64 valence electrons. The predicted octanol–water partition coefficient (Wildman–Crippen LogP) is -0.985. The molecule has 2 aliphatic rings. The zero-order chi connectivity index (χ0) is 7.73. The molecule has 2 rings (SSSR count). The highest BCUT2D eigenvalue weighted by atomic mass is 15.1. The summed E-state index contributed by atoms with van der Waals surface area (Å²) in [6.07, 6.45) is 0. The van der Waals surface area contributed by atoms with Gasteiger partial charge in [0, 0.05) is 25.0 Å². The Morgan fingerprint density at radius 2 is 2.00 bits per heavy atom. The van der Waals surface area contributed by atoms with Gasteiger partial charge in [-0.25, -0.2) is 0 Å². The van der Waals surface area contributed by atoms with E-state index in [0.29, 0.717) is 5.41 Å². The van der Waals surface area contributed by atoms with Crippen LogP contribution in [-0.4, -0.2) is 39.8 Å². The maximum atomic E-state index is 3.47. The van der Waals surface area contributed by atoms with Crippen LogP contribution in [0.15, 0.2) is 0 Å². The SMILES string of the molecule is CNCC12CNCC1CNC2. The summed E-state index contributed by atoms with van der Waals surface area (Å²) >= 11 is 0. The molecule has 0 radical (unpaired) electrons. The predicted molar refractivity (Wildman–Crippen MR) is 45.6 cm³/mol. The number of hydrogen-bond donors (Lipinski definition) is 3. The molecule has 0 atom stereocenters. The topological polar surface area (TPSA) is 36.1 Å². The van der Waals surface area contributed by atoms with E-state index in [9.17, 15) is 0 Å². The number of hydrogen-bond acceptors (Lipinski definition) is 3. The Kier molecular flexibility index (Phi) is 1.87. The van der Waals surface area contributed by atoms with Gasteiger partial charge in [-0.1, -0.05) is 0 Å². The van der Waals surface area contributed by atoms with Crippen LogP contribution in [0.4, 0.5) is 0 Å². The van der Waals surface area contributed by atoms with Crippen LogP contribution in [0.5, 0.6) is 0 Å². The molecule has 2 aliphatic heterocycles. The minimum Gasteiger partial charge on any atom is -0.319 e. The average molecular weight is 155 g/mol. The van der Waals surface area contributed by atoms with Crippen molar-refractivity contribution in [3.8, 4) is 0 Å². The first-order valence-corrected chi connectivity index (χ1v) is 4.43. The van der Waals surface area contributed by atoms with Gasteiger partial charge in [-0.05, 0) is 26.1 Å². The van der Waals surface area contributed by atoms with Gasteiger partial charge in [-0.2, -0.15) is 0 Å². The molecule has 3 heteroatoms. The third kappa shape index (κ3) is 1.08. The maximum Gasteiger partial charge on any atom is 0.0129 e. The zero-order valence-corrected chi connectivity index (χ0v) is 7.11. The molecular weight excluding hydrogens is 138 g/mol. The second-order valence-electron chi connectivity index (χ2n) is 3.85. The first kappa shape index (κ1) is 7.53. The molecule has 2 fully saturated rings. The van der Waals surface area contributed by atoms with Crippen molar-refractivity contribution in [2.45, 2.75) is 0 Å². The van der Waals surface area contributed by atoms with Crippen LogP contribution in [0.3, 0.4) is 0 Å². The molecule has 3 nitrogen and oxygen atoms in total. The van der Waals surface area contributed by atoms with Crippen molar-refractivity contribution >= 4 is 0 Å². The van der Waals surface area contributed by atoms with E-state index < -0.39 is 0 Å². The van der Waals surface area contributed by atoms with Crippen LogP contribution in [0.2, 0.25) is 0 Å². The van der Waals surface area contributed by atoms with E-state index in [0.717, 1.165) is 12.5 Å². The van der Waals surface area contributed by atoms with Crippen molar-refractivity contribution in [2.75, 3.05) is 39.8 Å². The Labute approximate surface area is 67.9 Å². The normalized spacial score (nSPS) is 42.8. The van der Waals surface area contributed by atoms with Gasteiger partial charge in [0.1, 0.15) is 0 Å². The summed E-state index contributed by atoms with van der Waals surface area (Å²) in [5.74, 6) is 0.856. The summed E-state index contributed by atoms with van der Waals surface area (Å²) in [6.45, 7) is 5.93. The van der Waals surface area contributed by atoms with Crippen LogP contribution in [0, 0.1) is 11.3 Å². The Balaban J connectivity index is 2.07. The molecule has 0 saturated carbocycles. The van der Waals surface area contributed by atoms with Crippen LogP contribution >= 0.6 is 0 Å². The fourth-order valence-electron chi connectivity index (χ4n) is 2.47. The highest BCUT2D eigenvalue weighted by Crippen LogP contribution is 2.33. The van der Waals surface area contributed by atoms with Crippen LogP contribution in [-0.2, 0) is 0 Å². The van der Waals surface area contributed by atoms with Gasteiger partial charge in [0.2, 0.25) is 0 Å². The molecule has 0 bridgehead atoms. The molecule has 3 N–H and O–H groups in total. The second kappa shape index (κ2) is 2.73. The van der Waals surface area contributed by atoms with Gasteiger partial charge in [0.15, 0.2) is 0 Å². The van der Waals surface area contributed by atoms with E-state index in [1.807, 2.05) is 7.05 Å². The maximum absolute atomic E-state index is 3.47. The highest BCUT2D eigenvalue weighted by molar-refractivity contribution is 5.02. The standard InChI is InChI=1S/C8H17N3/c1-9-4-8-5-10-2-7(8)3-11-6-8/h7,9-11H,2-6H2,1H3. The van der Waals surface area contributed by atoms with Crippen LogP contribution in [0.25, 0.3) is 0 Å². The van der Waals surface area contributed by atoms with Crippen LogP contribution in [0.1, 0.15) is 0 Å². The first-order chi connectivity index (χ1) is 5.37. The molecule has 2 saturated heterocycles. The quantitative estimate of drug-likeness (QED) is 0.479. The lowest BCUT2D eigenvalue weighted by atomic mass is 9.81. The van der Waals surface area contributed by atoms with E-state index >= 15 is 0 Å². The minimum absolute atomic E-state index is 0.523. The third-order valence-corrected chi connectivity index (χ3v) is 3.13. The van der Waals surface area contributed by atoms with E-state index in [4.69, 9.17) is 0 Å². The first-order valence-electron chi connectivity index (χ1n) is 4.43. The molecule has 0 unspecified atom stereocenters. The van der Waals surface area contributed by atoms with Crippen LogP contribution < -0.4 is 16.0 Å². The molecule has 0 aromatic carbocycles. The van der Waals surface area contributed by atoms with Gasteiger partial charge >= 0.3 is 0 Å². The van der Waals surface area contributed by atoms with Gasteiger partial charge in [0.25, 0.3) is 0 Å². The smallest absolute Gasteiger partial charge is 0.0129 e. The molecule has 0 aliphatic carbocycles. The monoisotopic (exact) mass is 155 g/mol. The van der Waals surface area contributed by atoms with Gasteiger partial charge in [-0.3, -0.25) is 0 Å². The van der Waals surface area contributed by atoms with E-state index in [1.54, 1.807) is 0 Å². The van der Waals surface area contributed by atoms with E-state index in [-0.39, 0.29) is 0 Å². The van der Waals surface area contributed by atoms with Crippen molar-refractivity contribution in [2.24, 2.45) is 11.3 Å². The zero-order valence-electron chi connectivity index (χ0n) is 7.11. The Bertz CT molecular complexity index is 136. The van der Waals surface area contributed by atoms with Gasteiger partial charge in [-0.15, -0.1) is 0 Å². The van der Waals surface area contributed by atoms with E-state index in [2.05, 4.69) is 16.0 Å². The van der Waals surface area contributed by atoms with Crippen molar-refractivity contribution < 1.29 is 0 Å².